The topological polar surface area (TPSA) is 29.1 Å². The predicted octanol–water partition coefficient (Wildman–Crippen LogP) is 3.67. The number of hydrogen-bond acceptors (Lipinski definition) is 2. The second kappa shape index (κ2) is 5.59. The Morgan fingerprint density at radius 1 is 1.41 bits per heavy atom. The molecular formula is C12H9FINOS. The molecule has 1 heterocycles. The van der Waals surface area contributed by atoms with Crippen LogP contribution in [-0.2, 0) is 11.2 Å². The summed E-state index contributed by atoms with van der Waals surface area (Å²) < 4.78 is 13.6. The maximum absolute atomic E-state index is 12.9. The lowest BCUT2D eigenvalue weighted by molar-refractivity contribution is -0.115. The molecule has 2 aromatic rings. The summed E-state index contributed by atoms with van der Waals surface area (Å²) in [5, 5.41) is 6.64. The van der Waals surface area contributed by atoms with Crippen LogP contribution in [0.25, 0.3) is 0 Å². The van der Waals surface area contributed by atoms with Crippen LogP contribution in [0.2, 0.25) is 0 Å². The van der Waals surface area contributed by atoms with Gasteiger partial charge < -0.3 is 5.32 Å². The van der Waals surface area contributed by atoms with Crippen LogP contribution in [0.5, 0.6) is 0 Å². The summed E-state index contributed by atoms with van der Waals surface area (Å²) in [6, 6.07) is 6.21. The lowest BCUT2D eigenvalue weighted by atomic mass is 10.2. The van der Waals surface area contributed by atoms with Gasteiger partial charge in [-0.1, -0.05) is 0 Å². The van der Waals surface area contributed by atoms with Gasteiger partial charge in [-0.25, -0.2) is 4.39 Å². The second-order valence-corrected chi connectivity index (χ2v) is 5.42. The molecule has 0 unspecified atom stereocenters. The number of nitrogens with one attached hydrogen (secondary N) is 1. The van der Waals surface area contributed by atoms with Gasteiger partial charge in [-0.15, -0.1) is 0 Å². The molecule has 0 bridgehead atoms. The Labute approximate surface area is 116 Å². The highest BCUT2D eigenvalue weighted by molar-refractivity contribution is 14.1. The average molecular weight is 361 g/mol. The first-order valence-corrected chi connectivity index (χ1v) is 6.93. The largest absolute Gasteiger partial charge is 0.325 e. The van der Waals surface area contributed by atoms with Crippen molar-refractivity contribution in [3.8, 4) is 0 Å². The quantitative estimate of drug-likeness (QED) is 0.831. The van der Waals surface area contributed by atoms with Crippen molar-refractivity contribution in [3.05, 3.63) is 50.0 Å². The van der Waals surface area contributed by atoms with Crippen molar-refractivity contribution in [2.45, 2.75) is 6.42 Å². The first kappa shape index (κ1) is 12.5. The van der Waals surface area contributed by atoms with E-state index in [1.165, 1.54) is 12.1 Å². The van der Waals surface area contributed by atoms with E-state index in [2.05, 4.69) is 5.32 Å². The van der Waals surface area contributed by atoms with Crippen LogP contribution in [0.1, 0.15) is 5.56 Å². The Morgan fingerprint density at radius 3 is 2.88 bits per heavy atom. The fraction of sp³-hybridized carbons (Fsp3) is 0.0833. The van der Waals surface area contributed by atoms with Crippen LogP contribution in [0.3, 0.4) is 0 Å². The molecular weight excluding hydrogens is 352 g/mol. The van der Waals surface area contributed by atoms with Crippen molar-refractivity contribution in [1.29, 1.82) is 0 Å². The Bertz CT molecular complexity index is 527. The van der Waals surface area contributed by atoms with Gasteiger partial charge in [0.1, 0.15) is 5.82 Å². The van der Waals surface area contributed by atoms with E-state index in [0.29, 0.717) is 15.7 Å². The normalized spacial score (nSPS) is 10.2. The molecule has 0 aliphatic heterocycles. The molecule has 0 aliphatic rings. The molecule has 0 fully saturated rings. The molecule has 17 heavy (non-hydrogen) atoms. The third-order valence-electron chi connectivity index (χ3n) is 2.15. The smallest absolute Gasteiger partial charge is 0.228 e. The van der Waals surface area contributed by atoms with E-state index in [0.717, 1.165) is 5.56 Å². The van der Waals surface area contributed by atoms with Gasteiger partial charge in [-0.2, -0.15) is 11.3 Å². The van der Waals surface area contributed by atoms with Gasteiger partial charge in [0.15, 0.2) is 0 Å². The van der Waals surface area contributed by atoms with Crippen LogP contribution in [0.4, 0.5) is 10.1 Å². The summed E-state index contributed by atoms with van der Waals surface area (Å²) in [6.45, 7) is 0. The average Bonchev–Trinajstić information content (AvgIpc) is 2.75. The third-order valence-corrected chi connectivity index (χ3v) is 3.77. The predicted molar refractivity (Wildman–Crippen MR) is 75.8 cm³/mol. The molecule has 2 rings (SSSR count). The second-order valence-electron chi connectivity index (χ2n) is 3.48. The lowest BCUT2D eigenvalue weighted by Crippen LogP contribution is -2.14. The fourth-order valence-electron chi connectivity index (χ4n) is 1.36. The van der Waals surface area contributed by atoms with Gasteiger partial charge in [0.2, 0.25) is 5.91 Å². The molecule has 1 N–H and O–H groups in total. The van der Waals surface area contributed by atoms with Crippen molar-refractivity contribution in [2.75, 3.05) is 5.32 Å². The van der Waals surface area contributed by atoms with E-state index in [4.69, 9.17) is 0 Å². The summed E-state index contributed by atoms with van der Waals surface area (Å²) in [5.74, 6) is -0.391. The molecule has 0 aliphatic carbocycles. The molecule has 0 radical (unpaired) electrons. The van der Waals surface area contributed by atoms with E-state index in [9.17, 15) is 9.18 Å². The van der Waals surface area contributed by atoms with Gasteiger partial charge in [0.25, 0.3) is 0 Å². The van der Waals surface area contributed by atoms with Crippen molar-refractivity contribution in [3.63, 3.8) is 0 Å². The molecule has 0 atom stereocenters. The summed E-state index contributed by atoms with van der Waals surface area (Å²) >= 11 is 3.56. The minimum Gasteiger partial charge on any atom is -0.325 e. The third kappa shape index (κ3) is 3.50. The summed E-state index contributed by atoms with van der Waals surface area (Å²) in [6.07, 6.45) is 0.344. The number of anilines is 1. The van der Waals surface area contributed by atoms with E-state index in [1.54, 1.807) is 17.4 Å². The fourth-order valence-corrected chi connectivity index (χ4v) is 2.64. The molecule has 88 valence electrons. The van der Waals surface area contributed by atoms with Crippen LogP contribution in [-0.4, -0.2) is 5.91 Å². The number of benzene rings is 1. The van der Waals surface area contributed by atoms with Crippen molar-refractivity contribution in [2.24, 2.45) is 0 Å². The van der Waals surface area contributed by atoms with Crippen molar-refractivity contribution >= 4 is 45.5 Å². The zero-order valence-corrected chi connectivity index (χ0v) is 11.7. The Kier molecular flexibility index (Phi) is 4.11. The lowest BCUT2D eigenvalue weighted by Gasteiger charge is -2.06. The minimum absolute atomic E-state index is 0.0899. The number of amides is 1. The Morgan fingerprint density at radius 2 is 2.24 bits per heavy atom. The molecule has 5 heteroatoms. The molecule has 0 spiro atoms. The minimum atomic E-state index is -0.301. The number of halogens is 2. The van der Waals surface area contributed by atoms with Crippen molar-refractivity contribution in [1.82, 2.24) is 0 Å². The first-order valence-electron chi connectivity index (χ1n) is 4.91. The van der Waals surface area contributed by atoms with Gasteiger partial charge >= 0.3 is 0 Å². The maximum Gasteiger partial charge on any atom is 0.228 e. The SMILES string of the molecule is O=C(Cc1ccsc1)Nc1ccc(F)cc1I. The first-order chi connectivity index (χ1) is 8.15. The highest BCUT2D eigenvalue weighted by Gasteiger charge is 2.07. The zero-order valence-electron chi connectivity index (χ0n) is 8.74. The van der Waals surface area contributed by atoms with Crippen LogP contribution in [0.15, 0.2) is 35.0 Å². The van der Waals surface area contributed by atoms with Gasteiger partial charge in [-0.05, 0) is 63.2 Å². The molecule has 1 aromatic carbocycles. The van der Waals surface area contributed by atoms with Gasteiger partial charge in [-0.3, -0.25) is 4.79 Å². The Hall–Kier alpha value is -0.950. The Balaban J connectivity index is 2.03. The standard InChI is InChI=1S/C12H9FINOS/c13-9-1-2-11(10(14)6-9)15-12(16)5-8-3-4-17-7-8/h1-4,6-7H,5H2,(H,15,16). The molecule has 0 saturated carbocycles. The van der Waals surface area contributed by atoms with E-state index in [1.807, 2.05) is 39.4 Å². The zero-order chi connectivity index (χ0) is 12.3. The molecule has 0 saturated heterocycles. The van der Waals surface area contributed by atoms with Gasteiger partial charge in [0, 0.05) is 3.57 Å². The number of rotatable bonds is 3. The number of carbonyl (C=O) groups is 1. The summed E-state index contributed by atoms with van der Waals surface area (Å²) in [4.78, 5) is 11.7. The monoisotopic (exact) mass is 361 g/mol. The van der Waals surface area contributed by atoms with Crippen LogP contribution in [0, 0.1) is 9.39 Å². The highest BCUT2D eigenvalue weighted by Crippen LogP contribution is 2.19. The van der Waals surface area contributed by atoms with Crippen LogP contribution < -0.4 is 5.32 Å². The highest BCUT2D eigenvalue weighted by atomic mass is 127. The van der Waals surface area contributed by atoms with E-state index >= 15 is 0 Å². The summed E-state index contributed by atoms with van der Waals surface area (Å²) in [7, 11) is 0. The number of carbonyl (C=O) groups excluding carboxylic acids is 1. The van der Waals surface area contributed by atoms with Crippen LogP contribution >= 0.6 is 33.9 Å². The van der Waals surface area contributed by atoms with E-state index < -0.39 is 0 Å². The molecule has 1 amide bonds. The molecule has 1 aromatic heterocycles. The summed E-state index contributed by atoms with van der Waals surface area (Å²) in [5.41, 5.74) is 1.64. The molecule has 2 nitrogen and oxygen atoms in total. The van der Waals surface area contributed by atoms with E-state index in [-0.39, 0.29) is 11.7 Å². The number of thiophene rings is 1. The number of hydrogen-bond donors (Lipinski definition) is 1. The van der Waals surface area contributed by atoms with Gasteiger partial charge in [0.05, 0.1) is 12.1 Å². The maximum atomic E-state index is 12.9. The van der Waals surface area contributed by atoms with Crippen molar-refractivity contribution < 1.29 is 9.18 Å².